The zero-order chi connectivity index (χ0) is 19.8. The molecule has 26 heavy (non-hydrogen) atoms. The Morgan fingerprint density at radius 1 is 1.00 bits per heavy atom. The Morgan fingerprint density at radius 2 is 1.58 bits per heavy atom. The molecule has 0 spiro atoms. The van der Waals surface area contributed by atoms with Gasteiger partial charge in [-0.15, -0.1) is 0 Å². The van der Waals surface area contributed by atoms with Crippen LogP contribution in [0.2, 0.25) is 0 Å². The third kappa shape index (κ3) is 4.93. The van der Waals surface area contributed by atoms with E-state index in [-0.39, 0.29) is 11.5 Å². The first-order valence-electron chi connectivity index (χ1n) is 8.47. The van der Waals surface area contributed by atoms with Crippen molar-refractivity contribution in [3.05, 3.63) is 34.9 Å². The molecule has 146 valence electrons. The van der Waals surface area contributed by atoms with Gasteiger partial charge in [0.2, 0.25) is 5.91 Å². The lowest BCUT2D eigenvalue weighted by Crippen LogP contribution is -2.52. The lowest BCUT2D eigenvalue weighted by Gasteiger charge is -2.32. The molecule has 2 rings (SSSR count). The standard InChI is InChI=1S/C18H23F5N2O/c1-16(2,25-15(26)14-6-4-5-7-24-14)11-8-12(17(3,19)20)10-13(9-11)18(21,22)23/h8-10,14,24H,4-7H2,1-3H3,(H,25,26)/t14-/m1/s1. The molecule has 0 unspecified atom stereocenters. The highest BCUT2D eigenvalue weighted by Gasteiger charge is 2.37. The Morgan fingerprint density at radius 3 is 2.08 bits per heavy atom. The van der Waals surface area contributed by atoms with Gasteiger partial charge in [-0.3, -0.25) is 4.79 Å². The van der Waals surface area contributed by atoms with Crippen molar-refractivity contribution in [2.24, 2.45) is 0 Å². The number of alkyl halides is 5. The maximum atomic E-state index is 13.7. The normalized spacial score (nSPS) is 19.3. The molecule has 0 radical (unpaired) electrons. The van der Waals surface area contributed by atoms with Crippen LogP contribution >= 0.6 is 0 Å². The van der Waals surface area contributed by atoms with E-state index in [4.69, 9.17) is 0 Å². The van der Waals surface area contributed by atoms with E-state index in [9.17, 15) is 26.7 Å². The molecule has 0 saturated carbocycles. The number of piperidine rings is 1. The van der Waals surface area contributed by atoms with E-state index >= 15 is 0 Å². The van der Waals surface area contributed by atoms with E-state index in [0.29, 0.717) is 26.0 Å². The van der Waals surface area contributed by atoms with Crippen molar-refractivity contribution in [3.8, 4) is 0 Å². The van der Waals surface area contributed by atoms with Gasteiger partial charge >= 0.3 is 6.18 Å². The van der Waals surface area contributed by atoms with Crippen LogP contribution in [0.3, 0.4) is 0 Å². The van der Waals surface area contributed by atoms with Gasteiger partial charge in [-0.1, -0.05) is 6.42 Å². The maximum Gasteiger partial charge on any atom is 0.416 e. The van der Waals surface area contributed by atoms with E-state index in [1.807, 2.05) is 0 Å². The number of rotatable bonds is 4. The molecule has 0 bridgehead atoms. The molecule has 1 aromatic rings. The molecule has 1 amide bonds. The SMILES string of the molecule is CC(F)(F)c1cc(C(F)(F)F)cc(C(C)(C)NC(=O)[C@H]2CCCCN2)c1. The lowest BCUT2D eigenvalue weighted by atomic mass is 9.89. The first-order chi connectivity index (χ1) is 11.8. The van der Waals surface area contributed by atoms with E-state index in [1.165, 1.54) is 13.8 Å². The monoisotopic (exact) mass is 378 g/mol. The van der Waals surface area contributed by atoms with E-state index in [0.717, 1.165) is 25.0 Å². The van der Waals surface area contributed by atoms with Crippen LogP contribution in [0.15, 0.2) is 18.2 Å². The summed E-state index contributed by atoms with van der Waals surface area (Å²) in [5, 5.41) is 5.74. The molecule has 1 aromatic carbocycles. The largest absolute Gasteiger partial charge is 0.416 e. The minimum Gasteiger partial charge on any atom is -0.346 e. The third-order valence-corrected chi connectivity index (χ3v) is 4.55. The summed E-state index contributed by atoms with van der Waals surface area (Å²) in [4.78, 5) is 12.4. The molecule has 3 nitrogen and oxygen atoms in total. The second-order valence-corrected chi connectivity index (χ2v) is 7.30. The Hall–Kier alpha value is -1.70. The average Bonchev–Trinajstić information content (AvgIpc) is 2.53. The van der Waals surface area contributed by atoms with Crippen molar-refractivity contribution < 1.29 is 26.7 Å². The highest BCUT2D eigenvalue weighted by atomic mass is 19.4. The predicted octanol–water partition coefficient (Wildman–Crippen LogP) is 4.31. The molecule has 1 aliphatic heterocycles. The Balaban J connectivity index is 2.36. The van der Waals surface area contributed by atoms with Crippen LogP contribution in [0.4, 0.5) is 22.0 Å². The minimum atomic E-state index is -4.76. The number of amides is 1. The van der Waals surface area contributed by atoms with Crippen LogP contribution in [0, 0.1) is 0 Å². The van der Waals surface area contributed by atoms with Crippen LogP contribution in [0.5, 0.6) is 0 Å². The number of hydrogen-bond donors (Lipinski definition) is 2. The molecule has 2 N–H and O–H groups in total. The van der Waals surface area contributed by atoms with Gasteiger partial charge in [-0.2, -0.15) is 13.2 Å². The van der Waals surface area contributed by atoms with E-state index in [1.54, 1.807) is 0 Å². The molecule has 1 saturated heterocycles. The van der Waals surface area contributed by atoms with Crippen molar-refractivity contribution in [1.82, 2.24) is 10.6 Å². The first kappa shape index (κ1) is 20.6. The van der Waals surface area contributed by atoms with Crippen molar-refractivity contribution in [2.75, 3.05) is 6.54 Å². The molecule has 1 heterocycles. The zero-order valence-corrected chi connectivity index (χ0v) is 14.9. The van der Waals surface area contributed by atoms with Crippen LogP contribution in [-0.2, 0) is 22.4 Å². The van der Waals surface area contributed by atoms with Gasteiger partial charge in [0.15, 0.2) is 0 Å². The van der Waals surface area contributed by atoms with Crippen molar-refractivity contribution in [3.63, 3.8) is 0 Å². The second kappa shape index (κ2) is 7.13. The molecule has 1 aliphatic rings. The number of hydrogen-bond acceptors (Lipinski definition) is 2. The molecule has 0 aromatic heterocycles. The summed E-state index contributed by atoms with van der Waals surface area (Å²) in [7, 11) is 0. The van der Waals surface area contributed by atoms with Gasteiger partial charge in [-0.05, 0) is 57.0 Å². The van der Waals surface area contributed by atoms with Gasteiger partial charge < -0.3 is 10.6 Å². The molecular formula is C18H23F5N2O. The lowest BCUT2D eigenvalue weighted by molar-refractivity contribution is -0.137. The number of nitrogens with one attached hydrogen (secondary N) is 2. The second-order valence-electron chi connectivity index (χ2n) is 7.30. The van der Waals surface area contributed by atoms with Crippen LogP contribution < -0.4 is 10.6 Å². The summed E-state index contributed by atoms with van der Waals surface area (Å²) < 4.78 is 66.8. The molecular weight excluding hydrogens is 355 g/mol. The van der Waals surface area contributed by atoms with E-state index in [2.05, 4.69) is 10.6 Å². The van der Waals surface area contributed by atoms with Crippen LogP contribution in [-0.4, -0.2) is 18.5 Å². The number of carbonyl (C=O) groups excluding carboxylic acids is 1. The summed E-state index contributed by atoms with van der Waals surface area (Å²) in [6, 6.07) is 1.85. The summed E-state index contributed by atoms with van der Waals surface area (Å²) in [6.07, 6.45) is -2.30. The van der Waals surface area contributed by atoms with Gasteiger partial charge in [-0.25, -0.2) is 8.78 Å². The van der Waals surface area contributed by atoms with Crippen LogP contribution in [0.25, 0.3) is 0 Å². The van der Waals surface area contributed by atoms with Gasteiger partial charge in [0.1, 0.15) is 0 Å². The molecule has 1 atom stereocenters. The fraction of sp³-hybridized carbons (Fsp3) is 0.611. The quantitative estimate of drug-likeness (QED) is 0.767. The number of halogens is 5. The average molecular weight is 378 g/mol. The van der Waals surface area contributed by atoms with Gasteiger partial charge in [0.05, 0.1) is 17.1 Å². The van der Waals surface area contributed by atoms with Crippen molar-refractivity contribution >= 4 is 5.91 Å². The zero-order valence-electron chi connectivity index (χ0n) is 14.9. The fourth-order valence-electron chi connectivity index (χ4n) is 2.95. The molecule has 0 aliphatic carbocycles. The Kier molecular flexibility index (Phi) is 5.66. The molecule has 8 heteroatoms. The van der Waals surface area contributed by atoms with E-state index < -0.39 is 34.8 Å². The van der Waals surface area contributed by atoms with Gasteiger partial charge in [0.25, 0.3) is 5.92 Å². The fourth-order valence-corrected chi connectivity index (χ4v) is 2.95. The van der Waals surface area contributed by atoms with Gasteiger partial charge in [0, 0.05) is 12.5 Å². The van der Waals surface area contributed by atoms with Crippen molar-refractivity contribution in [1.29, 1.82) is 0 Å². The van der Waals surface area contributed by atoms with Crippen molar-refractivity contribution in [2.45, 2.75) is 63.7 Å². The highest BCUT2D eigenvalue weighted by molar-refractivity contribution is 5.82. The number of carbonyl (C=O) groups is 1. The minimum absolute atomic E-state index is 0.0204. The molecule has 1 fully saturated rings. The Bertz CT molecular complexity index is 626. The maximum absolute atomic E-state index is 13.7. The summed E-state index contributed by atoms with van der Waals surface area (Å²) in [5.74, 6) is -3.78. The summed E-state index contributed by atoms with van der Waals surface area (Å²) >= 11 is 0. The summed E-state index contributed by atoms with van der Waals surface area (Å²) in [5.41, 5.74) is -3.16. The predicted molar refractivity (Wildman–Crippen MR) is 87.8 cm³/mol. The topological polar surface area (TPSA) is 41.1 Å². The smallest absolute Gasteiger partial charge is 0.346 e. The first-order valence-corrected chi connectivity index (χ1v) is 8.47. The Labute approximate surface area is 149 Å². The number of benzene rings is 1. The highest BCUT2D eigenvalue weighted by Crippen LogP contribution is 2.37. The summed E-state index contributed by atoms with van der Waals surface area (Å²) in [6.45, 7) is 4.24. The third-order valence-electron chi connectivity index (χ3n) is 4.55. The van der Waals surface area contributed by atoms with Crippen LogP contribution in [0.1, 0.15) is 56.7 Å².